The summed E-state index contributed by atoms with van der Waals surface area (Å²) in [6, 6.07) is 7.34. The molecule has 19 heavy (non-hydrogen) atoms. The maximum atomic E-state index is 11.1. The molecule has 0 amide bonds. The van der Waals surface area contributed by atoms with Gasteiger partial charge in [0.2, 0.25) is 5.82 Å². The van der Waals surface area contributed by atoms with Crippen molar-refractivity contribution in [3.63, 3.8) is 0 Å². The number of rotatable bonds is 5. The fourth-order valence-electron chi connectivity index (χ4n) is 1.78. The summed E-state index contributed by atoms with van der Waals surface area (Å²) in [6.45, 7) is 1.16. The van der Waals surface area contributed by atoms with E-state index in [-0.39, 0.29) is 5.82 Å². The average molecular weight is 261 g/mol. The van der Waals surface area contributed by atoms with Crippen molar-refractivity contribution in [2.24, 2.45) is 0 Å². The van der Waals surface area contributed by atoms with E-state index in [1.165, 1.54) is 0 Å². The lowest BCUT2D eigenvalue weighted by Gasteiger charge is -2.19. The molecule has 6 nitrogen and oxygen atoms in total. The standard InChI is InChI=1S/C13H15N3O3/c1-16(7-8-19-2)12-9-5-3-4-6-10(9)14-11(15-12)13(17)18/h3-6H,7-8H2,1-2H3,(H,17,18). The number of hydrogen-bond acceptors (Lipinski definition) is 5. The van der Waals surface area contributed by atoms with Crippen molar-refractivity contribution in [2.45, 2.75) is 0 Å². The molecule has 0 atom stereocenters. The second-order valence-corrected chi connectivity index (χ2v) is 4.11. The van der Waals surface area contributed by atoms with E-state index in [0.29, 0.717) is 24.5 Å². The van der Waals surface area contributed by atoms with E-state index < -0.39 is 5.97 Å². The van der Waals surface area contributed by atoms with Gasteiger partial charge in [-0.3, -0.25) is 0 Å². The topological polar surface area (TPSA) is 75.5 Å². The van der Waals surface area contributed by atoms with Gasteiger partial charge in [0.05, 0.1) is 12.1 Å². The van der Waals surface area contributed by atoms with Crippen LogP contribution in [0, 0.1) is 0 Å². The molecule has 0 fully saturated rings. The summed E-state index contributed by atoms with van der Waals surface area (Å²) in [7, 11) is 3.47. The van der Waals surface area contributed by atoms with Crippen molar-refractivity contribution in [3.05, 3.63) is 30.1 Å². The third kappa shape index (κ3) is 2.79. The summed E-state index contributed by atoms with van der Waals surface area (Å²) in [6.07, 6.45) is 0. The first kappa shape index (κ1) is 13.2. The molecule has 0 spiro atoms. The third-order valence-electron chi connectivity index (χ3n) is 2.77. The van der Waals surface area contributed by atoms with Gasteiger partial charge < -0.3 is 14.7 Å². The number of hydrogen-bond donors (Lipinski definition) is 1. The van der Waals surface area contributed by atoms with Crippen LogP contribution in [0.15, 0.2) is 24.3 Å². The summed E-state index contributed by atoms with van der Waals surface area (Å²) in [5.74, 6) is -0.731. The number of nitrogens with zero attached hydrogens (tertiary/aromatic N) is 3. The lowest BCUT2D eigenvalue weighted by atomic mass is 10.2. The Balaban J connectivity index is 2.53. The Kier molecular flexibility index (Phi) is 3.91. The average Bonchev–Trinajstić information content (AvgIpc) is 2.43. The Hall–Kier alpha value is -2.21. The highest BCUT2D eigenvalue weighted by Crippen LogP contribution is 2.22. The number of methoxy groups -OCH3 is 1. The molecule has 1 heterocycles. The largest absolute Gasteiger partial charge is 0.475 e. The van der Waals surface area contributed by atoms with E-state index in [9.17, 15) is 4.79 Å². The van der Waals surface area contributed by atoms with Crippen molar-refractivity contribution in [2.75, 3.05) is 32.2 Å². The number of aromatic nitrogens is 2. The highest BCUT2D eigenvalue weighted by atomic mass is 16.5. The quantitative estimate of drug-likeness (QED) is 0.877. The van der Waals surface area contributed by atoms with E-state index in [2.05, 4.69) is 9.97 Å². The first-order valence-corrected chi connectivity index (χ1v) is 5.83. The van der Waals surface area contributed by atoms with E-state index in [4.69, 9.17) is 9.84 Å². The van der Waals surface area contributed by atoms with Crippen molar-refractivity contribution in [1.82, 2.24) is 9.97 Å². The minimum atomic E-state index is -1.13. The van der Waals surface area contributed by atoms with Crippen LogP contribution in [0.2, 0.25) is 0 Å². The molecule has 0 aliphatic heterocycles. The Morgan fingerprint density at radius 1 is 1.37 bits per heavy atom. The van der Waals surface area contributed by atoms with Gasteiger partial charge in [-0.15, -0.1) is 0 Å². The highest BCUT2D eigenvalue weighted by molar-refractivity contribution is 5.93. The Morgan fingerprint density at radius 3 is 2.79 bits per heavy atom. The number of anilines is 1. The molecular weight excluding hydrogens is 246 g/mol. The number of carboxylic acids is 1. The van der Waals surface area contributed by atoms with E-state index in [0.717, 1.165) is 5.39 Å². The maximum Gasteiger partial charge on any atom is 0.374 e. The van der Waals surface area contributed by atoms with Crippen LogP contribution in [0.1, 0.15) is 10.6 Å². The summed E-state index contributed by atoms with van der Waals surface area (Å²) in [4.78, 5) is 21.1. The van der Waals surface area contributed by atoms with E-state index >= 15 is 0 Å². The Morgan fingerprint density at radius 2 is 2.11 bits per heavy atom. The first-order valence-electron chi connectivity index (χ1n) is 5.83. The predicted octanol–water partition coefficient (Wildman–Crippen LogP) is 1.41. The van der Waals surface area contributed by atoms with Crippen LogP contribution in [0.4, 0.5) is 5.82 Å². The van der Waals surface area contributed by atoms with Gasteiger partial charge in [-0.1, -0.05) is 12.1 Å². The predicted molar refractivity (Wildman–Crippen MR) is 71.6 cm³/mol. The fraction of sp³-hybridized carbons (Fsp3) is 0.308. The number of likely N-dealkylation sites (N-methyl/N-ethyl adjacent to an activating group) is 1. The number of carbonyl (C=O) groups is 1. The smallest absolute Gasteiger partial charge is 0.374 e. The van der Waals surface area contributed by atoms with Crippen LogP contribution in [0.5, 0.6) is 0 Å². The van der Waals surface area contributed by atoms with Crippen LogP contribution in [0.25, 0.3) is 10.9 Å². The van der Waals surface area contributed by atoms with Gasteiger partial charge in [0, 0.05) is 26.1 Å². The molecule has 1 aromatic heterocycles. The SMILES string of the molecule is COCCN(C)c1nc(C(=O)O)nc2ccccc12. The number of fused-ring (bicyclic) bond motifs is 1. The van der Waals surface area contributed by atoms with Crippen molar-refractivity contribution >= 4 is 22.7 Å². The zero-order valence-corrected chi connectivity index (χ0v) is 10.8. The van der Waals surface area contributed by atoms with Crippen LogP contribution in [-0.2, 0) is 4.74 Å². The van der Waals surface area contributed by atoms with Crippen LogP contribution in [0.3, 0.4) is 0 Å². The Bertz CT molecular complexity index is 601. The minimum absolute atomic E-state index is 0.196. The molecule has 0 saturated carbocycles. The zero-order valence-electron chi connectivity index (χ0n) is 10.8. The highest BCUT2D eigenvalue weighted by Gasteiger charge is 2.14. The minimum Gasteiger partial charge on any atom is -0.475 e. The van der Waals surface area contributed by atoms with Crippen LogP contribution < -0.4 is 4.90 Å². The molecule has 0 unspecified atom stereocenters. The summed E-state index contributed by atoms with van der Waals surface area (Å²) >= 11 is 0. The molecular formula is C13H15N3O3. The van der Waals surface area contributed by atoms with Gasteiger partial charge in [0.1, 0.15) is 5.82 Å². The number of para-hydroxylation sites is 1. The van der Waals surface area contributed by atoms with Gasteiger partial charge in [-0.05, 0) is 12.1 Å². The van der Waals surface area contributed by atoms with Crippen LogP contribution in [-0.4, -0.2) is 48.4 Å². The van der Waals surface area contributed by atoms with E-state index in [1.807, 2.05) is 30.1 Å². The van der Waals surface area contributed by atoms with Gasteiger partial charge in [-0.2, -0.15) is 0 Å². The van der Waals surface area contributed by atoms with Crippen molar-refractivity contribution < 1.29 is 14.6 Å². The van der Waals surface area contributed by atoms with Gasteiger partial charge >= 0.3 is 5.97 Å². The van der Waals surface area contributed by atoms with Crippen molar-refractivity contribution in [3.8, 4) is 0 Å². The second-order valence-electron chi connectivity index (χ2n) is 4.11. The molecule has 6 heteroatoms. The first-order chi connectivity index (χ1) is 9.13. The molecule has 1 N–H and O–H groups in total. The molecule has 0 aliphatic carbocycles. The zero-order chi connectivity index (χ0) is 13.8. The van der Waals surface area contributed by atoms with Gasteiger partial charge in [0.25, 0.3) is 0 Å². The monoisotopic (exact) mass is 261 g/mol. The molecule has 2 rings (SSSR count). The number of aromatic carboxylic acids is 1. The normalized spacial score (nSPS) is 10.6. The molecule has 0 saturated heterocycles. The molecule has 0 aliphatic rings. The molecule has 0 radical (unpaired) electrons. The summed E-state index contributed by atoms with van der Waals surface area (Å²) in [5.41, 5.74) is 0.620. The van der Waals surface area contributed by atoms with Crippen molar-refractivity contribution in [1.29, 1.82) is 0 Å². The number of benzene rings is 1. The third-order valence-corrected chi connectivity index (χ3v) is 2.77. The van der Waals surface area contributed by atoms with Gasteiger partial charge in [0.15, 0.2) is 0 Å². The van der Waals surface area contributed by atoms with Gasteiger partial charge in [-0.25, -0.2) is 14.8 Å². The Labute approximate surface area is 110 Å². The number of carboxylic acid groups (broad SMARTS) is 1. The molecule has 100 valence electrons. The number of ether oxygens (including phenoxy) is 1. The lowest BCUT2D eigenvalue weighted by Crippen LogP contribution is -2.24. The molecule has 0 bridgehead atoms. The maximum absolute atomic E-state index is 11.1. The summed E-state index contributed by atoms with van der Waals surface area (Å²) < 4.78 is 5.02. The molecule has 2 aromatic rings. The summed E-state index contributed by atoms with van der Waals surface area (Å²) in [5, 5.41) is 9.88. The second kappa shape index (κ2) is 5.62. The molecule has 1 aromatic carbocycles. The van der Waals surface area contributed by atoms with Crippen LogP contribution >= 0.6 is 0 Å². The lowest BCUT2D eigenvalue weighted by molar-refractivity contribution is 0.0684. The van der Waals surface area contributed by atoms with E-state index in [1.54, 1.807) is 13.2 Å². The fourth-order valence-corrected chi connectivity index (χ4v) is 1.78.